The van der Waals surface area contributed by atoms with E-state index in [1.807, 2.05) is 6.26 Å². The molecule has 0 radical (unpaired) electrons. The Bertz CT molecular complexity index is 1060. The number of alkyl carbamates (subject to hydrolysis) is 1. The van der Waals surface area contributed by atoms with Gasteiger partial charge in [-0.3, -0.25) is 28.9 Å². The Balaban J connectivity index is 1.70. The maximum absolute atomic E-state index is 12.7. The third-order valence-electron chi connectivity index (χ3n) is 6.27. The maximum atomic E-state index is 12.7. The molecule has 2 unspecified atom stereocenters. The van der Waals surface area contributed by atoms with Gasteiger partial charge in [0.25, 0.3) is 0 Å². The van der Waals surface area contributed by atoms with Gasteiger partial charge in [0, 0.05) is 32.1 Å². The number of nitrogens with one attached hydrogen (secondary N) is 4. The van der Waals surface area contributed by atoms with E-state index >= 15 is 0 Å². The Morgan fingerprint density at radius 1 is 1.05 bits per heavy atom. The molecule has 0 spiro atoms. The lowest BCUT2D eigenvalue weighted by Crippen LogP contribution is -2.51. The van der Waals surface area contributed by atoms with Gasteiger partial charge in [-0.15, -0.1) is 0 Å². The highest BCUT2D eigenvalue weighted by atomic mass is 32.2. The highest BCUT2D eigenvalue weighted by Crippen LogP contribution is 2.23. The first-order chi connectivity index (χ1) is 19.0. The van der Waals surface area contributed by atoms with Gasteiger partial charge >= 0.3 is 6.09 Å². The van der Waals surface area contributed by atoms with Gasteiger partial charge in [-0.05, 0) is 42.7 Å². The first-order valence-corrected chi connectivity index (χ1v) is 14.5. The zero-order chi connectivity index (χ0) is 29.7. The average Bonchev–Trinajstić information content (AvgIpc) is 3.21. The van der Waals surface area contributed by atoms with Crippen LogP contribution in [0, 0.1) is 5.92 Å². The summed E-state index contributed by atoms with van der Waals surface area (Å²) in [6.45, 7) is 3.76. The molecule has 40 heavy (non-hydrogen) atoms. The van der Waals surface area contributed by atoms with Gasteiger partial charge in [0.05, 0.1) is 11.8 Å². The summed E-state index contributed by atoms with van der Waals surface area (Å²) in [5, 5.41) is 10.0. The summed E-state index contributed by atoms with van der Waals surface area (Å²) in [7, 11) is 1.47. The lowest BCUT2D eigenvalue weighted by atomic mass is 10.0. The van der Waals surface area contributed by atoms with Crippen LogP contribution in [0.15, 0.2) is 24.3 Å². The highest BCUT2D eigenvalue weighted by molar-refractivity contribution is 8.00. The number of benzene rings is 1. The Hall–Kier alpha value is -3.61. The topological polar surface area (TPSA) is 163 Å². The second kappa shape index (κ2) is 16.5. The quantitative estimate of drug-likeness (QED) is 0.181. The minimum Gasteiger partial charge on any atom is -0.445 e. The van der Waals surface area contributed by atoms with Crippen LogP contribution < -0.4 is 21.3 Å². The molecule has 6 amide bonds. The number of rotatable bonds is 15. The van der Waals surface area contributed by atoms with Crippen LogP contribution in [0.5, 0.6) is 0 Å². The van der Waals surface area contributed by atoms with Gasteiger partial charge in [-0.1, -0.05) is 32.4 Å². The molecule has 1 saturated heterocycles. The number of nitrogens with zero attached hydrogens (tertiary/aromatic N) is 1. The van der Waals surface area contributed by atoms with E-state index in [4.69, 9.17) is 4.74 Å². The van der Waals surface area contributed by atoms with Crippen molar-refractivity contribution in [2.45, 2.75) is 63.9 Å². The van der Waals surface area contributed by atoms with E-state index in [2.05, 4.69) is 21.3 Å². The smallest absolute Gasteiger partial charge is 0.407 e. The molecule has 12 nitrogen and oxygen atoms in total. The number of hydrogen-bond donors (Lipinski definition) is 4. The molecule has 0 bridgehead atoms. The molecule has 0 saturated carbocycles. The molecular weight excluding hydrogens is 538 g/mol. The fourth-order valence-corrected chi connectivity index (χ4v) is 4.61. The van der Waals surface area contributed by atoms with Crippen LogP contribution in [0.1, 0.15) is 51.5 Å². The summed E-state index contributed by atoms with van der Waals surface area (Å²) in [6.07, 6.45) is 3.55. The monoisotopic (exact) mass is 577 g/mol. The van der Waals surface area contributed by atoms with Crippen molar-refractivity contribution in [1.82, 2.24) is 20.9 Å². The number of hydrogen-bond acceptors (Lipinski definition) is 8. The van der Waals surface area contributed by atoms with Crippen LogP contribution in [-0.2, 0) is 35.3 Å². The van der Waals surface area contributed by atoms with Gasteiger partial charge in [-0.2, -0.15) is 11.8 Å². The van der Waals surface area contributed by atoms with Crippen molar-refractivity contribution >= 4 is 53.1 Å². The van der Waals surface area contributed by atoms with E-state index in [0.717, 1.165) is 5.56 Å². The number of unbranched alkanes of at least 4 members (excludes halogenated alkanes) is 2. The molecule has 13 heteroatoms. The van der Waals surface area contributed by atoms with E-state index in [1.165, 1.54) is 23.7 Å². The van der Waals surface area contributed by atoms with Crippen molar-refractivity contribution in [1.29, 1.82) is 0 Å². The molecule has 2 atom stereocenters. The third-order valence-corrected chi connectivity index (χ3v) is 7.21. The van der Waals surface area contributed by atoms with Gasteiger partial charge in [0.1, 0.15) is 12.6 Å². The fourth-order valence-electron chi connectivity index (χ4n) is 3.97. The van der Waals surface area contributed by atoms with E-state index in [-0.39, 0.29) is 54.9 Å². The van der Waals surface area contributed by atoms with Crippen molar-refractivity contribution < 1.29 is 33.5 Å². The zero-order valence-corrected chi connectivity index (χ0v) is 24.2. The number of anilines is 1. The van der Waals surface area contributed by atoms with Crippen LogP contribution in [0.25, 0.3) is 0 Å². The Morgan fingerprint density at radius 3 is 2.35 bits per heavy atom. The van der Waals surface area contributed by atoms with E-state index in [1.54, 1.807) is 38.1 Å². The SMILES string of the molecule is CNC(=O)OCc1ccc(NC(=O)CNC(=O)C(NC(=O)CCCCCN2C(=O)CC(SC)C2=O)C(C)C)cc1. The van der Waals surface area contributed by atoms with E-state index < -0.39 is 23.9 Å². The van der Waals surface area contributed by atoms with Crippen molar-refractivity contribution in [3.63, 3.8) is 0 Å². The predicted octanol–water partition coefficient (Wildman–Crippen LogP) is 1.79. The molecular formula is C27H39N5O7S. The number of ether oxygens (including phenoxy) is 1. The first kappa shape index (κ1) is 32.6. The minimum absolute atomic E-state index is 0.0889. The lowest BCUT2D eigenvalue weighted by Gasteiger charge is -2.21. The number of imide groups is 1. The Morgan fingerprint density at radius 2 is 1.75 bits per heavy atom. The second-order valence-corrected chi connectivity index (χ2v) is 10.7. The lowest BCUT2D eigenvalue weighted by molar-refractivity contribution is -0.138. The fraction of sp³-hybridized carbons (Fsp3) is 0.556. The molecule has 1 aromatic carbocycles. The minimum atomic E-state index is -0.803. The zero-order valence-electron chi connectivity index (χ0n) is 23.4. The van der Waals surface area contributed by atoms with Crippen molar-refractivity contribution in [2.75, 3.05) is 31.7 Å². The van der Waals surface area contributed by atoms with Crippen molar-refractivity contribution in [3.05, 3.63) is 29.8 Å². The number of thioether (sulfide) groups is 1. The molecule has 220 valence electrons. The second-order valence-electron chi connectivity index (χ2n) is 9.70. The Kier molecular flexibility index (Phi) is 13.4. The first-order valence-electron chi connectivity index (χ1n) is 13.2. The molecule has 1 aliphatic rings. The van der Waals surface area contributed by atoms with Gasteiger partial charge < -0.3 is 26.0 Å². The van der Waals surface area contributed by atoms with Crippen LogP contribution in [0.3, 0.4) is 0 Å². The van der Waals surface area contributed by atoms with Crippen molar-refractivity contribution in [3.8, 4) is 0 Å². The summed E-state index contributed by atoms with van der Waals surface area (Å²) in [5.41, 5.74) is 1.26. The third kappa shape index (κ3) is 10.5. The van der Waals surface area contributed by atoms with E-state index in [0.29, 0.717) is 31.5 Å². The summed E-state index contributed by atoms with van der Waals surface area (Å²) in [5.74, 6) is -1.67. The van der Waals surface area contributed by atoms with Crippen LogP contribution in [0.2, 0.25) is 0 Å². The van der Waals surface area contributed by atoms with Crippen LogP contribution in [-0.4, -0.2) is 78.2 Å². The summed E-state index contributed by atoms with van der Waals surface area (Å²) >= 11 is 1.38. The normalized spacial score (nSPS) is 15.5. The highest BCUT2D eigenvalue weighted by Gasteiger charge is 2.37. The largest absolute Gasteiger partial charge is 0.445 e. The van der Waals surface area contributed by atoms with Gasteiger partial charge in [0.15, 0.2) is 0 Å². The van der Waals surface area contributed by atoms with Gasteiger partial charge in [-0.25, -0.2) is 4.79 Å². The van der Waals surface area contributed by atoms with Gasteiger partial charge in [0.2, 0.25) is 29.5 Å². The predicted molar refractivity (Wildman–Crippen MR) is 151 cm³/mol. The van der Waals surface area contributed by atoms with Crippen LogP contribution >= 0.6 is 11.8 Å². The summed E-state index contributed by atoms with van der Waals surface area (Å²) < 4.78 is 4.96. The Labute approximate surface area is 238 Å². The molecule has 1 aromatic rings. The summed E-state index contributed by atoms with van der Waals surface area (Å²) in [4.78, 5) is 74.0. The molecule has 1 fully saturated rings. The number of likely N-dealkylation sites (tertiary alicyclic amines) is 1. The number of carbonyl (C=O) groups excluding carboxylic acids is 6. The summed E-state index contributed by atoms with van der Waals surface area (Å²) in [6, 6.07) is 5.91. The molecule has 1 heterocycles. The van der Waals surface area contributed by atoms with Crippen LogP contribution in [0.4, 0.5) is 10.5 Å². The molecule has 1 aliphatic heterocycles. The number of amides is 6. The van der Waals surface area contributed by atoms with Crippen molar-refractivity contribution in [2.24, 2.45) is 5.92 Å². The molecule has 0 aromatic heterocycles. The number of carbonyl (C=O) groups is 6. The molecule has 0 aliphatic carbocycles. The molecule has 4 N–H and O–H groups in total. The maximum Gasteiger partial charge on any atom is 0.407 e. The molecule has 2 rings (SSSR count). The van der Waals surface area contributed by atoms with E-state index in [9.17, 15) is 28.8 Å². The standard InChI is InChI=1S/C27H39N5O7S/c1-17(2)24(31-21(33)8-6-5-7-13-32-23(35)14-20(40-4)26(32)37)25(36)29-15-22(34)30-19-11-9-18(10-12-19)16-39-27(38)28-3/h9-12,17,20,24H,5-8,13-16H2,1-4H3,(H,28,38)(H,29,36)(H,30,34)(H,31,33). The average molecular weight is 578 g/mol.